The predicted molar refractivity (Wildman–Crippen MR) is 67.2 cm³/mol. The molecule has 0 atom stereocenters. The van der Waals surface area contributed by atoms with E-state index in [2.05, 4.69) is 10.0 Å². The van der Waals surface area contributed by atoms with Gasteiger partial charge in [-0.3, -0.25) is 0 Å². The number of azide groups is 1. The van der Waals surface area contributed by atoms with E-state index >= 15 is 0 Å². The fourth-order valence-electron chi connectivity index (χ4n) is 1.63. The van der Waals surface area contributed by atoms with Crippen LogP contribution < -0.4 is 4.74 Å². The molecule has 0 aliphatic heterocycles. The minimum absolute atomic E-state index is 0.497. The molecule has 0 spiro atoms. The van der Waals surface area contributed by atoms with E-state index in [0.717, 1.165) is 11.1 Å². The first-order chi connectivity index (χ1) is 8.35. The summed E-state index contributed by atoms with van der Waals surface area (Å²) in [6.07, 6.45) is 0. The molecule has 84 valence electrons. The number of ether oxygens (including phenoxy) is 1. The van der Waals surface area contributed by atoms with Crippen LogP contribution in [0.2, 0.25) is 0 Å². The standard InChI is InChI=1S/C13H11N3O/c1-17-13-8-7-11(9-12(13)15-16-14)10-5-3-2-4-6-10/h2-9H,1H3. The fourth-order valence-corrected chi connectivity index (χ4v) is 1.63. The number of hydrogen-bond donors (Lipinski definition) is 0. The topological polar surface area (TPSA) is 58.0 Å². The number of hydrogen-bond acceptors (Lipinski definition) is 2. The Morgan fingerprint density at radius 1 is 1.06 bits per heavy atom. The Morgan fingerprint density at radius 3 is 2.47 bits per heavy atom. The van der Waals surface area contributed by atoms with Gasteiger partial charge in [0.1, 0.15) is 5.75 Å². The summed E-state index contributed by atoms with van der Waals surface area (Å²) in [6.45, 7) is 0. The Morgan fingerprint density at radius 2 is 1.82 bits per heavy atom. The van der Waals surface area contributed by atoms with E-state index in [4.69, 9.17) is 10.3 Å². The van der Waals surface area contributed by atoms with Crippen molar-refractivity contribution in [3.05, 3.63) is 59.0 Å². The minimum Gasteiger partial charge on any atom is -0.496 e. The number of nitrogens with zero attached hydrogens (tertiary/aromatic N) is 3. The van der Waals surface area contributed by atoms with Gasteiger partial charge in [-0.05, 0) is 28.8 Å². The van der Waals surface area contributed by atoms with E-state index in [9.17, 15) is 0 Å². The summed E-state index contributed by atoms with van der Waals surface area (Å²) in [5.74, 6) is 0.572. The van der Waals surface area contributed by atoms with Crippen LogP contribution in [0, 0.1) is 0 Å². The lowest BCUT2D eigenvalue weighted by Crippen LogP contribution is -1.84. The molecule has 2 rings (SSSR count). The van der Waals surface area contributed by atoms with E-state index in [1.165, 1.54) is 0 Å². The lowest BCUT2D eigenvalue weighted by Gasteiger charge is -2.07. The van der Waals surface area contributed by atoms with Gasteiger partial charge in [0, 0.05) is 4.91 Å². The van der Waals surface area contributed by atoms with Crippen LogP contribution in [-0.2, 0) is 0 Å². The first-order valence-electron chi connectivity index (χ1n) is 5.13. The molecule has 0 radical (unpaired) electrons. The second-order valence-corrected chi connectivity index (χ2v) is 3.44. The Balaban J connectivity index is 2.51. The van der Waals surface area contributed by atoms with E-state index < -0.39 is 0 Å². The average molecular weight is 225 g/mol. The molecule has 4 heteroatoms. The van der Waals surface area contributed by atoms with Gasteiger partial charge in [-0.25, -0.2) is 0 Å². The maximum atomic E-state index is 8.50. The van der Waals surface area contributed by atoms with Crippen LogP contribution in [-0.4, -0.2) is 7.11 Å². The highest BCUT2D eigenvalue weighted by molar-refractivity contribution is 5.70. The van der Waals surface area contributed by atoms with Crippen molar-refractivity contribution >= 4 is 5.69 Å². The second kappa shape index (κ2) is 5.05. The molecule has 0 amide bonds. The van der Waals surface area contributed by atoms with Crippen LogP contribution in [0.4, 0.5) is 5.69 Å². The third-order valence-corrected chi connectivity index (χ3v) is 2.44. The van der Waals surface area contributed by atoms with Crippen LogP contribution >= 0.6 is 0 Å². The number of methoxy groups -OCH3 is 1. The Labute approximate surface area is 99.1 Å². The van der Waals surface area contributed by atoms with Crippen LogP contribution in [0.25, 0.3) is 21.6 Å². The average Bonchev–Trinajstić information content (AvgIpc) is 2.40. The van der Waals surface area contributed by atoms with Crippen molar-refractivity contribution in [2.24, 2.45) is 5.11 Å². The summed E-state index contributed by atoms with van der Waals surface area (Å²) >= 11 is 0. The van der Waals surface area contributed by atoms with Crippen molar-refractivity contribution in [2.45, 2.75) is 0 Å². The Hall–Kier alpha value is -2.45. The van der Waals surface area contributed by atoms with Crippen LogP contribution in [0.1, 0.15) is 0 Å². The largest absolute Gasteiger partial charge is 0.496 e. The number of rotatable bonds is 3. The Bertz CT molecular complexity index is 560. The summed E-state index contributed by atoms with van der Waals surface area (Å²) in [5.41, 5.74) is 11.1. The lowest BCUT2D eigenvalue weighted by atomic mass is 10.1. The van der Waals surface area contributed by atoms with Gasteiger partial charge in [-0.1, -0.05) is 41.5 Å². The van der Waals surface area contributed by atoms with Crippen LogP contribution in [0.5, 0.6) is 5.75 Å². The van der Waals surface area contributed by atoms with E-state index in [0.29, 0.717) is 11.4 Å². The Kier molecular flexibility index (Phi) is 3.28. The molecular formula is C13H11N3O. The zero-order chi connectivity index (χ0) is 12.1. The van der Waals surface area contributed by atoms with Crippen LogP contribution in [0.3, 0.4) is 0 Å². The molecule has 0 fully saturated rings. The van der Waals surface area contributed by atoms with E-state index in [-0.39, 0.29) is 0 Å². The van der Waals surface area contributed by atoms with Gasteiger partial charge < -0.3 is 4.74 Å². The van der Waals surface area contributed by atoms with Gasteiger partial charge in [0.25, 0.3) is 0 Å². The maximum absolute atomic E-state index is 8.50. The summed E-state index contributed by atoms with van der Waals surface area (Å²) in [4.78, 5) is 2.79. The predicted octanol–water partition coefficient (Wildman–Crippen LogP) is 4.30. The van der Waals surface area contributed by atoms with Crippen molar-refractivity contribution in [2.75, 3.05) is 7.11 Å². The molecule has 0 saturated carbocycles. The fraction of sp³-hybridized carbons (Fsp3) is 0.0769. The molecular weight excluding hydrogens is 214 g/mol. The molecule has 0 heterocycles. The third-order valence-electron chi connectivity index (χ3n) is 2.44. The summed E-state index contributed by atoms with van der Waals surface area (Å²) in [7, 11) is 1.55. The van der Waals surface area contributed by atoms with Gasteiger partial charge in [-0.2, -0.15) is 0 Å². The van der Waals surface area contributed by atoms with Gasteiger partial charge in [0.05, 0.1) is 12.8 Å². The molecule has 2 aromatic rings. The van der Waals surface area contributed by atoms with E-state index in [1.807, 2.05) is 42.5 Å². The monoisotopic (exact) mass is 225 g/mol. The third kappa shape index (κ3) is 2.38. The molecule has 0 N–H and O–H groups in total. The van der Waals surface area contributed by atoms with Gasteiger partial charge in [-0.15, -0.1) is 0 Å². The zero-order valence-corrected chi connectivity index (χ0v) is 9.37. The zero-order valence-electron chi connectivity index (χ0n) is 9.37. The summed E-state index contributed by atoms with van der Waals surface area (Å²) in [5, 5.41) is 3.62. The SMILES string of the molecule is COc1ccc(-c2ccccc2)cc1N=[N+]=[N-]. The van der Waals surface area contributed by atoms with E-state index in [1.54, 1.807) is 13.2 Å². The van der Waals surface area contributed by atoms with Gasteiger partial charge in [0.15, 0.2) is 0 Å². The molecule has 0 aliphatic carbocycles. The first-order valence-corrected chi connectivity index (χ1v) is 5.13. The highest BCUT2D eigenvalue weighted by Gasteiger charge is 2.03. The van der Waals surface area contributed by atoms with Gasteiger partial charge in [0.2, 0.25) is 0 Å². The first kappa shape index (κ1) is 11.0. The number of benzene rings is 2. The molecule has 0 aromatic heterocycles. The van der Waals surface area contributed by atoms with Crippen molar-refractivity contribution in [1.82, 2.24) is 0 Å². The lowest BCUT2D eigenvalue weighted by molar-refractivity contribution is 0.416. The molecule has 0 bridgehead atoms. The molecule has 17 heavy (non-hydrogen) atoms. The molecule has 0 saturated heterocycles. The van der Waals surface area contributed by atoms with Crippen molar-refractivity contribution in [3.8, 4) is 16.9 Å². The normalized spacial score (nSPS) is 9.47. The van der Waals surface area contributed by atoms with Crippen molar-refractivity contribution in [1.29, 1.82) is 0 Å². The quantitative estimate of drug-likeness (QED) is 0.436. The molecule has 0 aliphatic rings. The minimum atomic E-state index is 0.497. The molecule has 0 unspecified atom stereocenters. The second-order valence-electron chi connectivity index (χ2n) is 3.44. The smallest absolute Gasteiger partial charge is 0.128 e. The summed E-state index contributed by atoms with van der Waals surface area (Å²) < 4.78 is 5.12. The highest BCUT2D eigenvalue weighted by atomic mass is 16.5. The van der Waals surface area contributed by atoms with Crippen molar-refractivity contribution < 1.29 is 4.74 Å². The molecule has 2 aromatic carbocycles. The summed E-state index contributed by atoms with van der Waals surface area (Å²) in [6, 6.07) is 15.4. The molecule has 4 nitrogen and oxygen atoms in total. The highest BCUT2D eigenvalue weighted by Crippen LogP contribution is 2.32. The van der Waals surface area contributed by atoms with Gasteiger partial charge >= 0.3 is 0 Å². The maximum Gasteiger partial charge on any atom is 0.128 e. The van der Waals surface area contributed by atoms with Crippen LogP contribution in [0.15, 0.2) is 53.6 Å². The van der Waals surface area contributed by atoms with Crippen molar-refractivity contribution in [3.63, 3.8) is 0 Å².